The molecule has 0 aromatic carbocycles. The van der Waals surface area contributed by atoms with E-state index in [0.29, 0.717) is 19.3 Å². The van der Waals surface area contributed by atoms with Crippen LogP contribution in [0.25, 0.3) is 0 Å². The topological polar surface area (TPSA) is 78.9 Å². The number of hydrogen-bond donors (Lipinski definition) is 0. The largest absolute Gasteiger partial charge is 0.462 e. The van der Waals surface area contributed by atoms with Crippen molar-refractivity contribution >= 4 is 17.9 Å². The highest BCUT2D eigenvalue weighted by Gasteiger charge is 2.19. The summed E-state index contributed by atoms with van der Waals surface area (Å²) in [5, 5.41) is 0. The molecule has 0 fully saturated rings. The van der Waals surface area contributed by atoms with Gasteiger partial charge in [0.2, 0.25) is 0 Å². The second-order valence-corrected chi connectivity index (χ2v) is 20.6. The molecule has 0 N–H and O–H groups in total. The number of hydrogen-bond acceptors (Lipinski definition) is 6. The van der Waals surface area contributed by atoms with E-state index >= 15 is 0 Å². The van der Waals surface area contributed by atoms with Crippen LogP contribution in [0.15, 0.2) is 36.5 Å². The van der Waals surface area contributed by atoms with E-state index < -0.39 is 6.10 Å². The van der Waals surface area contributed by atoms with Crippen molar-refractivity contribution in [3.8, 4) is 0 Å². The molecule has 404 valence electrons. The number of carbonyl (C=O) groups is 3. The Morgan fingerprint density at radius 2 is 0.565 bits per heavy atom. The molecule has 0 saturated carbocycles. The fraction of sp³-hybridized carbons (Fsp3) is 0.857. The summed E-state index contributed by atoms with van der Waals surface area (Å²) in [6.07, 6.45) is 70.1. The lowest BCUT2D eigenvalue weighted by Gasteiger charge is -2.18. The Balaban J connectivity index is 4.23. The summed E-state index contributed by atoms with van der Waals surface area (Å²) in [5.41, 5.74) is 0. The molecule has 1 unspecified atom stereocenters. The van der Waals surface area contributed by atoms with Crippen LogP contribution in [0.4, 0.5) is 0 Å². The Labute approximate surface area is 429 Å². The fourth-order valence-corrected chi connectivity index (χ4v) is 9.11. The predicted molar refractivity (Wildman–Crippen MR) is 298 cm³/mol. The lowest BCUT2D eigenvalue weighted by atomic mass is 10.0. The van der Waals surface area contributed by atoms with Crippen LogP contribution >= 0.6 is 0 Å². The van der Waals surface area contributed by atoms with Gasteiger partial charge in [0.15, 0.2) is 6.10 Å². The van der Waals surface area contributed by atoms with Crippen molar-refractivity contribution in [3.63, 3.8) is 0 Å². The molecule has 0 aliphatic carbocycles. The highest BCUT2D eigenvalue weighted by atomic mass is 16.6. The number of unbranched alkanes of at least 4 members (excludes halogenated alkanes) is 39. The molecule has 0 bridgehead atoms. The summed E-state index contributed by atoms with van der Waals surface area (Å²) in [6.45, 7) is 6.57. The third-order valence-corrected chi connectivity index (χ3v) is 13.7. The average molecular weight is 970 g/mol. The van der Waals surface area contributed by atoms with E-state index in [-0.39, 0.29) is 31.1 Å². The molecule has 0 spiro atoms. The number of rotatable bonds is 56. The quantitative estimate of drug-likeness (QED) is 0.0261. The van der Waals surface area contributed by atoms with Crippen molar-refractivity contribution in [2.75, 3.05) is 13.2 Å². The molecule has 0 aromatic heterocycles. The Bertz CT molecular complexity index is 1160. The third kappa shape index (κ3) is 56.4. The zero-order valence-electron chi connectivity index (χ0n) is 46.3. The Kier molecular flexibility index (Phi) is 56.2. The molecule has 0 aliphatic heterocycles. The first-order chi connectivity index (χ1) is 34.0. The zero-order valence-corrected chi connectivity index (χ0v) is 46.3. The highest BCUT2D eigenvalue weighted by Crippen LogP contribution is 2.17. The SMILES string of the molecule is CC/C=C\C/C=C\C/C=C\CCCCCCCCCC(=O)OC(COC(=O)CCCCCCCCCCCCC)COC(=O)CCCCCCCCCCCCCCCCCCCCCCCCC. The molecule has 6 heteroatoms. The van der Waals surface area contributed by atoms with Gasteiger partial charge in [-0.15, -0.1) is 0 Å². The minimum Gasteiger partial charge on any atom is -0.462 e. The van der Waals surface area contributed by atoms with Crippen LogP contribution in [0.3, 0.4) is 0 Å². The third-order valence-electron chi connectivity index (χ3n) is 13.7. The average Bonchev–Trinajstić information content (AvgIpc) is 3.35. The summed E-state index contributed by atoms with van der Waals surface area (Å²) >= 11 is 0. The molecular weight excluding hydrogens is 853 g/mol. The van der Waals surface area contributed by atoms with Crippen LogP contribution in [0.2, 0.25) is 0 Å². The summed E-state index contributed by atoms with van der Waals surface area (Å²) in [7, 11) is 0. The van der Waals surface area contributed by atoms with E-state index in [4.69, 9.17) is 14.2 Å². The second kappa shape index (κ2) is 58.2. The maximum absolute atomic E-state index is 12.9. The van der Waals surface area contributed by atoms with Gasteiger partial charge in [0, 0.05) is 19.3 Å². The minimum absolute atomic E-state index is 0.0712. The van der Waals surface area contributed by atoms with Crippen molar-refractivity contribution in [1.29, 1.82) is 0 Å². The molecule has 0 rings (SSSR count). The van der Waals surface area contributed by atoms with Gasteiger partial charge in [-0.05, 0) is 51.4 Å². The van der Waals surface area contributed by atoms with Crippen molar-refractivity contribution in [2.45, 2.75) is 335 Å². The van der Waals surface area contributed by atoms with Gasteiger partial charge >= 0.3 is 17.9 Å². The minimum atomic E-state index is -0.773. The standard InChI is InChI=1S/C63H116O6/c1-4-7-10-13-16-19-22-24-26-28-29-30-31-32-33-35-36-38-41-44-47-50-53-56-62(65)68-59-60(58-67-61(64)55-52-49-46-43-40-21-18-15-12-9-6-3)69-63(66)57-54-51-48-45-42-39-37-34-27-25-23-20-17-14-11-8-5-2/h8,11,17,20,25,27,60H,4-7,9-10,12-16,18-19,21-24,26,28-59H2,1-3H3/b11-8-,20-17-,27-25-. The summed E-state index contributed by atoms with van der Waals surface area (Å²) in [4.78, 5) is 38.2. The summed E-state index contributed by atoms with van der Waals surface area (Å²) in [5.74, 6) is -0.861. The number of carbonyl (C=O) groups excluding carboxylic acids is 3. The molecule has 0 aliphatic rings. The maximum Gasteiger partial charge on any atom is 0.306 e. The van der Waals surface area contributed by atoms with Gasteiger partial charge in [-0.2, -0.15) is 0 Å². The molecule has 0 radical (unpaired) electrons. The fourth-order valence-electron chi connectivity index (χ4n) is 9.11. The van der Waals surface area contributed by atoms with Crippen molar-refractivity contribution < 1.29 is 28.6 Å². The van der Waals surface area contributed by atoms with Gasteiger partial charge in [0.1, 0.15) is 13.2 Å². The monoisotopic (exact) mass is 969 g/mol. The van der Waals surface area contributed by atoms with E-state index in [1.165, 1.54) is 205 Å². The van der Waals surface area contributed by atoms with Crippen molar-refractivity contribution in [2.24, 2.45) is 0 Å². The maximum atomic E-state index is 12.9. The van der Waals surface area contributed by atoms with Gasteiger partial charge in [-0.1, -0.05) is 295 Å². The van der Waals surface area contributed by atoms with Gasteiger partial charge < -0.3 is 14.2 Å². The molecule has 0 heterocycles. The van der Waals surface area contributed by atoms with E-state index in [9.17, 15) is 14.4 Å². The summed E-state index contributed by atoms with van der Waals surface area (Å²) in [6, 6.07) is 0. The van der Waals surface area contributed by atoms with E-state index in [1.807, 2.05) is 0 Å². The Morgan fingerprint density at radius 3 is 0.884 bits per heavy atom. The van der Waals surface area contributed by atoms with Gasteiger partial charge in [-0.3, -0.25) is 14.4 Å². The van der Waals surface area contributed by atoms with Crippen molar-refractivity contribution in [3.05, 3.63) is 36.5 Å². The normalized spacial score (nSPS) is 12.2. The zero-order chi connectivity index (χ0) is 50.0. The molecule has 69 heavy (non-hydrogen) atoms. The van der Waals surface area contributed by atoms with E-state index in [0.717, 1.165) is 83.5 Å². The van der Waals surface area contributed by atoms with Crippen LogP contribution in [-0.4, -0.2) is 37.2 Å². The lowest BCUT2D eigenvalue weighted by molar-refractivity contribution is -0.167. The van der Waals surface area contributed by atoms with Crippen LogP contribution in [0, 0.1) is 0 Å². The molecule has 0 amide bonds. The van der Waals surface area contributed by atoms with Crippen LogP contribution in [0.1, 0.15) is 329 Å². The Hall–Kier alpha value is -2.37. The number of ether oxygens (including phenoxy) is 3. The predicted octanol–water partition coefficient (Wildman–Crippen LogP) is 20.4. The lowest BCUT2D eigenvalue weighted by Crippen LogP contribution is -2.30. The number of allylic oxidation sites excluding steroid dienone is 6. The number of esters is 3. The van der Waals surface area contributed by atoms with Crippen molar-refractivity contribution in [1.82, 2.24) is 0 Å². The molecule has 0 saturated heterocycles. The van der Waals surface area contributed by atoms with E-state index in [2.05, 4.69) is 57.2 Å². The Morgan fingerprint density at radius 1 is 0.304 bits per heavy atom. The van der Waals surface area contributed by atoms with Crippen LogP contribution in [0.5, 0.6) is 0 Å². The van der Waals surface area contributed by atoms with Gasteiger partial charge in [0.05, 0.1) is 0 Å². The highest BCUT2D eigenvalue weighted by molar-refractivity contribution is 5.71. The molecule has 0 aromatic rings. The molecule has 1 atom stereocenters. The van der Waals surface area contributed by atoms with Gasteiger partial charge in [0.25, 0.3) is 0 Å². The van der Waals surface area contributed by atoms with Crippen LogP contribution in [-0.2, 0) is 28.6 Å². The van der Waals surface area contributed by atoms with Crippen LogP contribution < -0.4 is 0 Å². The smallest absolute Gasteiger partial charge is 0.306 e. The first-order valence-corrected chi connectivity index (χ1v) is 30.5. The molecule has 6 nitrogen and oxygen atoms in total. The van der Waals surface area contributed by atoms with Gasteiger partial charge in [-0.25, -0.2) is 0 Å². The molecular formula is C63H116O6. The second-order valence-electron chi connectivity index (χ2n) is 20.6. The first kappa shape index (κ1) is 66.6. The van der Waals surface area contributed by atoms with E-state index in [1.54, 1.807) is 0 Å². The summed E-state index contributed by atoms with van der Waals surface area (Å²) < 4.78 is 16.9. The first-order valence-electron chi connectivity index (χ1n) is 30.5.